The van der Waals surface area contributed by atoms with Gasteiger partial charge in [-0.2, -0.15) is 0 Å². The molecule has 2 fully saturated rings. The molecule has 130 valence electrons. The van der Waals surface area contributed by atoms with Gasteiger partial charge in [0.25, 0.3) is 0 Å². The topological polar surface area (TPSA) is 107 Å². The Labute approximate surface area is 135 Å². The monoisotopic (exact) mass is 328 g/mol. The van der Waals surface area contributed by atoms with Gasteiger partial charge in [0.15, 0.2) is 5.72 Å². The number of aliphatic carboxylic acids is 2. The van der Waals surface area contributed by atoms with Crippen molar-refractivity contribution in [2.75, 3.05) is 26.7 Å². The summed E-state index contributed by atoms with van der Waals surface area (Å²) in [5, 5.41) is 15.6. The fourth-order valence-corrected chi connectivity index (χ4v) is 2.23. The van der Waals surface area contributed by atoms with E-state index in [1.54, 1.807) is 11.9 Å². The van der Waals surface area contributed by atoms with E-state index in [0.717, 1.165) is 25.9 Å². The van der Waals surface area contributed by atoms with E-state index in [1.807, 2.05) is 6.92 Å². The summed E-state index contributed by atoms with van der Waals surface area (Å²) in [6, 6.07) is 0. The molecular weight excluding hydrogens is 304 g/mol. The second-order valence-electron chi connectivity index (χ2n) is 5.53. The highest BCUT2D eigenvalue weighted by Crippen LogP contribution is 2.44. The van der Waals surface area contributed by atoms with Gasteiger partial charge >= 0.3 is 18.0 Å². The number of rotatable bonds is 5. The predicted octanol–water partition coefficient (Wildman–Crippen LogP) is 1.37. The molecule has 8 nitrogen and oxygen atoms in total. The molecule has 23 heavy (non-hydrogen) atoms. The van der Waals surface area contributed by atoms with E-state index in [1.165, 1.54) is 12.8 Å². The Balaban J connectivity index is 0.000000284. The minimum absolute atomic E-state index is 0.179. The summed E-state index contributed by atoms with van der Waals surface area (Å²) in [6.07, 6.45) is 5.44. The van der Waals surface area contributed by atoms with Crippen molar-refractivity contribution < 1.29 is 29.3 Å². The summed E-state index contributed by atoms with van der Waals surface area (Å²) >= 11 is 0. The van der Waals surface area contributed by atoms with Crippen LogP contribution in [-0.4, -0.2) is 70.5 Å². The lowest BCUT2D eigenvalue weighted by Crippen LogP contribution is -2.42. The molecule has 0 unspecified atom stereocenters. The van der Waals surface area contributed by atoms with Crippen LogP contribution in [0.2, 0.25) is 0 Å². The van der Waals surface area contributed by atoms with Gasteiger partial charge < -0.3 is 19.8 Å². The Bertz CT molecular complexity index is 451. The third kappa shape index (κ3) is 6.27. The number of hydrogen-bond donors (Lipinski definition) is 2. The average Bonchev–Trinajstić information content (AvgIpc) is 3.06. The van der Waals surface area contributed by atoms with Gasteiger partial charge in [0.2, 0.25) is 0 Å². The highest BCUT2D eigenvalue weighted by molar-refractivity contribution is 5.89. The van der Waals surface area contributed by atoms with E-state index in [4.69, 9.17) is 14.9 Å². The highest BCUT2D eigenvalue weighted by Gasteiger charge is 2.52. The van der Waals surface area contributed by atoms with Crippen LogP contribution >= 0.6 is 0 Å². The number of amides is 1. The zero-order chi connectivity index (χ0) is 17.5. The fraction of sp³-hybridized carbons (Fsp3) is 0.667. The van der Waals surface area contributed by atoms with Gasteiger partial charge in [-0.05, 0) is 19.8 Å². The Morgan fingerprint density at radius 3 is 1.96 bits per heavy atom. The number of hydrogen-bond acceptors (Lipinski definition) is 5. The lowest BCUT2D eigenvalue weighted by atomic mass is 10.4. The first-order valence-electron chi connectivity index (χ1n) is 7.64. The predicted molar refractivity (Wildman–Crippen MR) is 82.0 cm³/mol. The van der Waals surface area contributed by atoms with Gasteiger partial charge in [-0.15, -0.1) is 0 Å². The third-order valence-electron chi connectivity index (χ3n) is 3.79. The molecule has 1 heterocycles. The summed E-state index contributed by atoms with van der Waals surface area (Å²) in [7, 11) is 1.78. The van der Waals surface area contributed by atoms with Crippen molar-refractivity contribution in [2.45, 2.75) is 38.3 Å². The van der Waals surface area contributed by atoms with Crippen LogP contribution in [0.25, 0.3) is 0 Å². The number of likely N-dealkylation sites (tertiary alicyclic amines) is 1. The Hall–Kier alpha value is -2.09. The second kappa shape index (κ2) is 8.52. The second-order valence-corrected chi connectivity index (χ2v) is 5.53. The lowest BCUT2D eigenvalue weighted by Gasteiger charge is -2.28. The number of carboxylic acid groups (broad SMARTS) is 2. The summed E-state index contributed by atoms with van der Waals surface area (Å²) in [5.74, 6) is -2.51. The zero-order valence-corrected chi connectivity index (χ0v) is 13.5. The van der Waals surface area contributed by atoms with Gasteiger partial charge in [0.05, 0.1) is 0 Å². The van der Waals surface area contributed by atoms with Crippen LogP contribution in [0, 0.1) is 0 Å². The van der Waals surface area contributed by atoms with E-state index in [0.29, 0.717) is 18.7 Å². The van der Waals surface area contributed by atoms with E-state index >= 15 is 0 Å². The minimum Gasteiger partial charge on any atom is -0.478 e. The van der Waals surface area contributed by atoms with Gasteiger partial charge in [0.1, 0.15) is 0 Å². The van der Waals surface area contributed by atoms with Crippen LogP contribution in [0.15, 0.2) is 12.2 Å². The summed E-state index contributed by atoms with van der Waals surface area (Å²) in [6.45, 7) is 4.83. The standard InChI is InChI=1S/C11H20N2O2.C4H4O4/c1-3-12(2)10(14)15-11(6-7-11)13-8-4-5-9-13;5-3(6)1-2-4(7)8/h3-9H2,1-2H3;1-2H,(H,5,6)(H,7,8)/b;2-1+. The largest absolute Gasteiger partial charge is 0.478 e. The molecule has 1 aliphatic carbocycles. The maximum Gasteiger partial charge on any atom is 0.411 e. The lowest BCUT2D eigenvalue weighted by molar-refractivity contribution is -0.134. The Morgan fingerprint density at radius 2 is 1.61 bits per heavy atom. The van der Waals surface area contributed by atoms with Crippen molar-refractivity contribution in [2.24, 2.45) is 0 Å². The van der Waals surface area contributed by atoms with Crippen LogP contribution in [0.3, 0.4) is 0 Å². The first-order valence-corrected chi connectivity index (χ1v) is 7.64. The molecule has 0 aromatic carbocycles. The van der Waals surface area contributed by atoms with Crippen LogP contribution in [0.1, 0.15) is 32.6 Å². The molecule has 2 N–H and O–H groups in total. The average molecular weight is 328 g/mol. The van der Waals surface area contributed by atoms with Crippen molar-refractivity contribution in [3.8, 4) is 0 Å². The van der Waals surface area contributed by atoms with Crippen molar-refractivity contribution in [3.63, 3.8) is 0 Å². The SMILES string of the molecule is CCN(C)C(=O)OC1(N2CCCC2)CC1.O=C(O)/C=C/C(=O)O. The van der Waals surface area contributed by atoms with Crippen LogP contribution in [0.5, 0.6) is 0 Å². The molecule has 1 saturated heterocycles. The molecule has 1 saturated carbocycles. The highest BCUT2D eigenvalue weighted by atomic mass is 16.6. The zero-order valence-electron chi connectivity index (χ0n) is 13.5. The number of carbonyl (C=O) groups is 3. The molecular formula is C15H24N2O6. The molecule has 0 radical (unpaired) electrons. The Kier molecular flexibility index (Phi) is 7.02. The molecule has 0 atom stereocenters. The maximum absolute atomic E-state index is 11.7. The van der Waals surface area contributed by atoms with Crippen molar-refractivity contribution in [1.29, 1.82) is 0 Å². The summed E-state index contributed by atoms with van der Waals surface area (Å²) in [5.41, 5.74) is -0.225. The summed E-state index contributed by atoms with van der Waals surface area (Å²) < 4.78 is 5.60. The quantitative estimate of drug-likeness (QED) is 0.734. The van der Waals surface area contributed by atoms with E-state index in [-0.39, 0.29) is 11.8 Å². The van der Waals surface area contributed by atoms with Crippen LogP contribution in [-0.2, 0) is 14.3 Å². The molecule has 1 amide bonds. The van der Waals surface area contributed by atoms with Gasteiger partial charge in [-0.3, -0.25) is 4.90 Å². The molecule has 0 bridgehead atoms. The number of carbonyl (C=O) groups excluding carboxylic acids is 1. The van der Waals surface area contributed by atoms with Crippen molar-refractivity contribution >= 4 is 18.0 Å². The third-order valence-corrected chi connectivity index (χ3v) is 3.79. The van der Waals surface area contributed by atoms with E-state index in [2.05, 4.69) is 4.90 Å². The molecule has 0 spiro atoms. The first kappa shape index (κ1) is 19.0. The van der Waals surface area contributed by atoms with Crippen molar-refractivity contribution in [3.05, 3.63) is 12.2 Å². The first-order chi connectivity index (χ1) is 10.8. The molecule has 2 aliphatic rings. The van der Waals surface area contributed by atoms with E-state index in [9.17, 15) is 14.4 Å². The molecule has 8 heteroatoms. The van der Waals surface area contributed by atoms with E-state index < -0.39 is 11.9 Å². The molecule has 1 aliphatic heterocycles. The smallest absolute Gasteiger partial charge is 0.411 e. The minimum atomic E-state index is -1.26. The maximum atomic E-state index is 11.7. The van der Waals surface area contributed by atoms with Crippen molar-refractivity contribution in [1.82, 2.24) is 9.80 Å². The molecule has 2 rings (SSSR count). The van der Waals surface area contributed by atoms with Gasteiger partial charge in [0, 0.05) is 51.7 Å². The molecule has 0 aromatic heterocycles. The van der Waals surface area contributed by atoms with Gasteiger partial charge in [-0.25, -0.2) is 14.4 Å². The number of nitrogens with zero attached hydrogens (tertiary/aromatic N) is 2. The summed E-state index contributed by atoms with van der Waals surface area (Å²) in [4.78, 5) is 34.7. The number of carboxylic acids is 2. The Morgan fingerprint density at radius 1 is 1.13 bits per heavy atom. The number of ether oxygens (including phenoxy) is 1. The normalized spacial score (nSPS) is 18.9. The fourth-order valence-electron chi connectivity index (χ4n) is 2.23. The van der Waals surface area contributed by atoms with Crippen LogP contribution < -0.4 is 0 Å². The molecule has 0 aromatic rings. The van der Waals surface area contributed by atoms with Crippen LogP contribution in [0.4, 0.5) is 4.79 Å². The van der Waals surface area contributed by atoms with Gasteiger partial charge in [-0.1, -0.05) is 0 Å².